The monoisotopic (exact) mass is 430 g/mol. The largest absolute Gasteiger partial charge is 0.487 e. The van der Waals surface area contributed by atoms with Crippen LogP contribution in [0.2, 0.25) is 0 Å². The maximum absolute atomic E-state index is 12.3. The first-order valence-corrected chi connectivity index (χ1v) is 9.15. The summed E-state index contributed by atoms with van der Waals surface area (Å²) in [5, 5.41) is 34.3. The van der Waals surface area contributed by atoms with Crippen molar-refractivity contribution in [1.29, 1.82) is 0 Å². The van der Waals surface area contributed by atoms with Gasteiger partial charge in [-0.15, -0.1) is 20.2 Å². The molecule has 3 N–H and O–H groups in total. The summed E-state index contributed by atoms with van der Waals surface area (Å²) in [5.74, 6) is -0.148. The van der Waals surface area contributed by atoms with Gasteiger partial charge in [-0.25, -0.2) is 0 Å². The highest BCUT2D eigenvalue weighted by Crippen LogP contribution is 2.15. The van der Waals surface area contributed by atoms with Crippen molar-refractivity contribution in [1.82, 2.24) is 10.6 Å². The summed E-state index contributed by atoms with van der Waals surface area (Å²) in [5.41, 5.74) is 0. The van der Waals surface area contributed by atoms with Gasteiger partial charge in [0.25, 0.3) is 10.2 Å². The average Bonchev–Trinajstić information content (AvgIpc) is 2.68. The third kappa shape index (κ3) is 11.0. The quantitative estimate of drug-likeness (QED) is 0.255. The van der Waals surface area contributed by atoms with Crippen LogP contribution in [0.4, 0.5) is 0 Å². The molecule has 13 nitrogen and oxygen atoms in total. The van der Waals surface area contributed by atoms with Gasteiger partial charge >= 0.3 is 0 Å². The van der Waals surface area contributed by atoms with E-state index in [2.05, 4.69) is 20.3 Å². The van der Waals surface area contributed by atoms with Crippen LogP contribution in [0.15, 0.2) is 30.3 Å². The summed E-state index contributed by atoms with van der Waals surface area (Å²) >= 11 is 0. The number of carbonyl (C=O) groups excluding carboxylic acids is 1. The number of carbonyl (C=O) groups is 1. The Morgan fingerprint density at radius 2 is 1.80 bits per heavy atom. The zero-order valence-electron chi connectivity index (χ0n) is 16.6. The molecule has 0 fully saturated rings. The van der Waals surface area contributed by atoms with Gasteiger partial charge in [0.2, 0.25) is 5.91 Å². The van der Waals surface area contributed by atoms with Crippen LogP contribution in [0, 0.1) is 20.2 Å². The van der Waals surface area contributed by atoms with Gasteiger partial charge < -0.3 is 30.2 Å². The normalized spacial score (nSPS) is 13.7. The molecule has 0 radical (unpaired) electrons. The Morgan fingerprint density at radius 3 is 2.37 bits per heavy atom. The number of aliphatic hydroxyl groups is 1. The van der Waals surface area contributed by atoms with E-state index < -0.39 is 47.5 Å². The summed E-state index contributed by atoms with van der Waals surface area (Å²) < 4.78 is 5.73. The van der Waals surface area contributed by atoms with Crippen LogP contribution >= 0.6 is 0 Å². The molecule has 3 unspecified atom stereocenters. The van der Waals surface area contributed by atoms with Crippen LogP contribution in [0.5, 0.6) is 5.75 Å². The van der Waals surface area contributed by atoms with Crippen molar-refractivity contribution in [2.24, 2.45) is 0 Å². The number of nitrogens with one attached hydrogen (secondary N) is 2. The Balaban J connectivity index is 2.69. The van der Waals surface area contributed by atoms with E-state index in [-0.39, 0.29) is 19.0 Å². The number of ether oxygens (including phenoxy) is 1. The number of para-hydroxylation sites is 1. The first-order chi connectivity index (χ1) is 14.2. The van der Waals surface area contributed by atoms with Crippen molar-refractivity contribution in [2.45, 2.75) is 44.6 Å². The molecule has 168 valence electrons. The van der Waals surface area contributed by atoms with Gasteiger partial charge in [-0.05, 0) is 12.1 Å². The lowest BCUT2D eigenvalue weighted by molar-refractivity contribution is -0.789. The Morgan fingerprint density at radius 1 is 1.13 bits per heavy atom. The number of amides is 1. The summed E-state index contributed by atoms with van der Waals surface area (Å²) in [6.45, 7) is 2.82. The summed E-state index contributed by atoms with van der Waals surface area (Å²) in [7, 11) is 0. The maximum atomic E-state index is 12.3. The lowest BCUT2D eigenvalue weighted by Gasteiger charge is -2.25. The lowest BCUT2D eigenvalue weighted by atomic mass is 10.1. The highest BCUT2D eigenvalue weighted by atomic mass is 17.0. The van der Waals surface area contributed by atoms with Gasteiger partial charge in [0.05, 0.1) is 6.42 Å². The SMILES string of the molecule is CC(C)NCC(O)C(CC(=O)NCC(CO[N+](=O)[O-])O[N+](=O)[O-])Oc1ccccc1. The molecule has 0 saturated carbocycles. The van der Waals surface area contributed by atoms with Gasteiger partial charge in [-0.3, -0.25) is 4.79 Å². The molecule has 0 aliphatic carbocycles. The van der Waals surface area contributed by atoms with Crippen molar-refractivity contribution >= 4 is 5.91 Å². The lowest BCUT2D eigenvalue weighted by Crippen LogP contribution is -2.45. The van der Waals surface area contributed by atoms with E-state index in [1.54, 1.807) is 30.3 Å². The molecular formula is C17H26N4O9. The minimum absolute atomic E-state index is 0.104. The van der Waals surface area contributed by atoms with Crippen LogP contribution in [0.1, 0.15) is 20.3 Å². The van der Waals surface area contributed by atoms with Crippen LogP contribution in [-0.2, 0) is 14.5 Å². The first kappa shape index (κ1) is 24.8. The van der Waals surface area contributed by atoms with Crippen molar-refractivity contribution in [2.75, 3.05) is 19.7 Å². The Bertz CT molecular complexity index is 674. The van der Waals surface area contributed by atoms with Crippen molar-refractivity contribution < 1.29 is 34.5 Å². The van der Waals surface area contributed by atoms with E-state index in [0.717, 1.165) is 0 Å². The second kappa shape index (κ2) is 13.1. The number of benzene rings is 1. The van der Waals surface area contributed by atoms with E-state index in [9.17, 15) is 30.1 Å². The van der Waals surface area contributed by atoms with Gasteiger partial charge in [0.15, 0.2) is 0 Å². The Hall–Kier alpha value is -3.19. The second-order valence-corrected chi connectivity index (χ2v) is 6.58. The van der Waals surface area contributed by atoms with E-state index in [1.807, 2.05) is 13.8 Å². The van der Waals surface area contributed by atoms with Crippen molar-refractivity contribution in [3.63, 3.8) is 0 Å². The van der Waals surface area contributed by atoms with E-state index >= 15 is 0 Å². The fourth-order valence-electron chi connectivity index (χ4n) is 2.29. The Labute approximate surface area is 172 Å². The molecule has 0 bridgehead atoms. The molecule has 30 heavy (non-hydrogen) atoms. The molecule has 1 rings (SSSR count). The van der Waals surface area contributed by atoms with E-state index in [4.69, 9.17) is 4.74 Å². The highest BCUT2D eigenvalue weighted by molar-refractivity contribution is 5.76. The van der Waals surface area contributed by atoms with Crippen molar-refractivity contribution in [3.8, 4) is 5.75 Å². The topological polar surface area (TPSA) is 175 Å². The third-order valence-corrected chi connectivity index (χ3v) is 3.71. The molecule has 0 aliphatic heterocycles. The number of aliphatic hydroxyl groups excluding tert-OH is 1. The number of hydrogen-bond acceptors (Lipinski definition) is 10. The minimum Gasteiger partial charge on any atom is -0.487 e. The smallest absolute Gasteiger partial charge is 0.294 e. The van der Waals surface area contributed by atoms with Gasteiger partial charge in [0, 0.05) is 19.1 Å². The standard InChI is InChI=1S/C17H26N4O9/c1-12(2)18-10-15(22)16(29-13-6-4-3-5-7-13)8-17(23)19-9-14(30-21(26)27)11-28-20(24)25/h3-7,12,14-16,18,22H,8-11H2,1-2H3,(H,19,23). The van der Waals surface area contributed by atoms with Gasteiger partial charge in [0.1, 0.15) is 30.7 Å². The number of hydrogen-bond donors (Lipinski definition) is 3. The van der Waals surface area contributed by atoms with Crippen LogP contribution < -0.4 is 15.4 Å². The predicted molar refractivity (Wildman–Crippen MR) is 102 cm³/mol. The van der Waals surface area contributed by atoms with Crippen LogP contribution in [-0.4, -0.2) is 65.2 Å². The Kier molecular flexibility index (Phi) is 10.9. The molecule has 0 saturated heterocycles. The van der Waals surface area contributed by atoms with E-state index in [0.29, 0.717) is 5.75 Å². The molecule has 0 aliphatic rings. The second-order valence-electron chi connectivity index (χ2n) is 6.58. The fraction of sp³-hybridized carbons (Fsp3) is 0.588. The van der Waals surface area contributed by atoms with Crippen molar-refractivity contribution in [3.05, 3.63) is 50.6 Å². The third-order valence-electron chi connectivity index (χ3n) is 3.71. The molecular weight excluding hydrogens is 404 g/mol. The summed E-state index contributed by atoms with van der Waals surface area (Å²) in [6.07, 6.45) is -3.59. The predicted octanol–water partition coefficient (Wildman–Crippen LogP) is 0.0844. The zero-order chi connectivity index (χ0) is 22.5. The molecule has 13 heteroatoms. The molecule has 0 aromatic heterocycles. The maximum Gasteiger partial charge on any atom is 0.294 e. The molecule has 0 spiro atoms. The number of rotatable bonds is 15. The van der Waals surface area contributed by atoms with Crippen LogP contribution in [0.25, 0.3) is 0 Å². The first-order valence-electron chi connectivity index (χ1n) is 9.15. The fourth-order valence-corrected chi connectivity index (χ4v) is 2.29. The van der Waals surface area contributed by atoms with Gasteiger partial charge in [-0.1, -0.05) is 32.0 Å². The molecule has 3 atom stereocenters. The summed E-state index contributed by atoms with van der Waals surface area (Å²) in [4.78, 5) is 41.3. The molecule has 1 aromatic rings. The minimum atomic E-state index is -1.38. The van der Waals surface area contributed by atoms with Gasteiger partial charge in [-0.2, -0.15) is 0 Å². The number of nitrogens with zero attached hydrogens (tertiary/aromatic N) is 2. The molecule has 0 heterocycles. The summed E-state index contributed by atoms with van der Waals surface area (Å²) in [6, 6.07) is 8.70. The average molecular weight is 430 g/mol. The highest BCUT2D eigenvalue weighted by Gasteiger charge is 2.25. The zero-order valence-corrected chi connectivity index (χ0v) is 16.6. The molecule has 1 aromatic carbocycles. The van der Waals surface area contributed by atoms with Crippen LogP contribution in [0.3, 0.4) is 0 Å². The van der Waals surface area contributed by atoms with E-state index in [1.165, 1.54) is 0 Å². The molecule has 1 amide bonds.